The first kappa shape index (κ1) is 21.2. The molecule has 2 aromatic heterocycles. The summed E-state index contributed by atoms with van der Waals surface area (Å²) < 4.78 is 13.1. The minimum absolute atomic E-state index is 0.0849. The van der Waals surface area contributed by atoms with Gasteiger partial charge in [0, 0.05) is 11.9 Å². The highest BCUT2D eigenvalue weighted by Crippen LogP contribution is 2.35. The molecule has 1 aliphatic heterocycles. The number of carbonyl (C=O) groups excluding carboxylic acids is 1. The van der Waals surface area contributed by atoms with Crippen molar-refractivity contribution in [1.82, 2.24) is 14.5 Å². The SMILES string of the molecule is Cc1c(-c2ccccc2)sc2ncn(CC(=O)N(C)C[C@@H]3COc4ccccc4O3)c(=O)c12. The van der Waals surface area contributed by atoms with Gasteiger partial charge in [-0.15, -0.1) is 11.3 Å². The molecule has 1 amide bonds. The molecule has 33 heavy (non-hydrogen) atoms. The molecule has 1 aliphatic rings. The first-order valence-corrected chi connectivity index (χ1v) is 11.5. The zero-order valence-electron chi connectivity index (χ0n) is 18.4. The van der Waals surface area contributed by atoms with E-state index < -0.39 is 0 Å². The number of para-hydroxylation sites is 2. The molecule has 0 unspecified atom stereocenters. The van der Waals surface area contributed by atoms with Gasteiger partial charge in [0.25, 0.3) is 5.56 Å². The van der Waals surface area contributed by atoms with Crippen LogP contribution in [0.1, 0.15) is 5.56 Å². The van der Waals surface area contributed by atoms with Crippen LogP contribution >= 0.6 is 11.3 Å². The summed E-state index contributed by atoms with van der Waals surface area (Å²) in [5, 5.41) is 0.567. The van der Waals surface area contributed by atoms with E-state index in [1.165, 1.54) is 22.2 Å². The Labute approximate surface area is 194 Å². The number of hydrogen-bond acceptors (Lipinski definition) is 6. The normalized spacial score (nSPS) is 14.9. The maximum Gasteiger partial charge on any atom is 0.262 e. The molecule has 1 atom stereocenters. The van der Waals surface area contributed by atoms with Crippen molar-refractivity contribution in [2.24, 2.45) is 0 Å². The number of rotatable bonds is 5. The van der Waals surface area contributed by atoms with Gasteiger partial charge in [-0.05, 0) is 30.2 Å². The average molecular weight is 462 g/mol. The molecule has 0 bridgehead atoms. The molecule has 0 aliphatic carbocycles. The lowest BCUT2D eigenvalue weighted by molar-refractivity contribution is -0.132. The van der Waals surface area contributed by atoms with Crippen LogP contribution in [-0.4, -0.2) is 46.7 Å². The predicted molar refractivity (Wildman–Crippen MR) is 128 cm³/mol. The van der Waals surface area contributed by atoms with Gasteiger partial charge in [0.2, 0.25) is 5.91 Å². The molecule has 2 aromatic carbocycles. The summed E-state index contributed by atoms with van der Waals surface area (Å²) in [7, 11) is 1.70. The standard InChI is InChI=1S/C25H23N3O4S/c1-16-22-24(33-23(16)17-8-4-3-5-9-17)26-15-28(25(22)30)13-21(29)27(2)12-18-14-31-19-10-6-7-11-20(19)32-18/h3-11,15,18H,12-14H2,1-2H3/t18-/m1/s1. The van der Waals surface area contributed by atoms with Crippen molar-refractivity contribution in [3.8, 4) is 21.9 Å². The van der Waals surface area contributed by atoms with Crippen LogP contribution in [0.3, 0.4) is 0 Å². The number of benzene rings is 2. The quantitative estimate of drug-likeness (QED) is 0.453. The van der Waals surface area contributed by atoms with Crippen LogP contribution in [0.4, 0.5) is 0 Å². The van der Waals surface area contributed by atoms with Gasteiger partial charge in [-0.2, -0.15) is 0 Å². The lowest BCUT2D eigenvalue weighted by atomic mass is 10.1. The molecule has 0 radical (unpaired) electrons. The van der Waals surface area contributed by atoms with E-state index in [-0.39, 0.29) is 24.1 Å². The molecule has 0 saturated carbocycles. The number of carbonyl (C=O) groups is 1. The summed E-state index contributed by atoms with van der Waals surface area (Å²) in [5.74, 6) is 1.18. The number of aryl methyl sites for hydroxylation is 1. The number of nitrogens with zero attached hydrogens (tertiary/aromatic N) is 3. The van der Waals surface area contributed by atoms with E-state index in [1.807, 2.05) is 61.5 Å². The largest absolute Gasteiger partial charge is 0.486 e. The number of hydrogen-bond donors (Lipinski definition) is 0. The molecule has 0 saturated heterocycles. The fraction of sp³-hybridized carbons (Fsp3) is 0.240. The predicted octanol–water partition coefficient (Wildman–Crippen LogP) is 3.73. The summed E-state index contributed by atoms with van der Waals surface area (Å²) in [4.78, 5) is 33.8. The number of thiophene rings is 1. The second kappa shape index (κ2) is 8.71. The fourth-order valence-electron chi connectivity index (χ4n) is 3.96. The second-order valence-electron chi connectivity index (χ2n) is 8.05. The molecule has 0 fully saturated rings. The van der Waals surface area contributed by atoms with Gasteiger partial charge in [-0.25, -0.2) is 4.98 Å². The fourth-order valence-corrected chi connectivity index (χ4v) is 5.11. The zero-order chi connectivity index (χ0) is 22.9. The van der Waals surface area contributed by atoms with Crippen LogP contribution in [0, 0.1) is 6.92 Å². The number of fused-ring (bicyclic) bond motifs is 2. The van der Waals surface area contributed by atoms with Gasteiger partial charge in [0.15, 0.2) is 17.6 Å². The Morgan fingerprint density at radius 2 is 1.88 bits per heavy atom. The summed E-state index contributed by atoms with van der Waals surface area (Å²) in [6.45, 7) is 2.56. The van der Waals surface area contributed by atoms with E-state index >= 15 is 0 Å². The Morgan fingerprint density at radius 3 is 2.67 bits per heavy atom. The molecular weight excluding hydrogens is 438 g/mol. The maximum absolute atomic E-state index is 13.2. The van der Waals surface area contributed by atoms with Gasteiger partial charge < -0.3 is 14.4 Å². The van der Waals surface area contributed by atoms with Gasteiger partial charge in [-0.1, -0.05) is 42.5 Å². The van der Waals surface area contributed by atoms with Crippen molar-refractivity contribution in [3.05, 3.63) is 76.8 Å². The van der Waals surface area contributed by atoms with E-state index in [4.69, 9.17) is 9.47 Å². The topological polar surface area (TPSA) is 73.7 Å². The van der Waals surface area contributed by atoms with Crippen molar-refractivity contribution in [2.75, 3.05) is 20.2 Å². The monoisotopic (exact) mass is 461 g/mol. The summed E-state index contributed by atoms with van der Waals surface area (Å²) >= 11 is 1.49. The first-order chi connectivity index (χ1) is 16.0. The van der Waals surface area contributed by atoms with Gasteiger partial charge in [0.1, 0.15) is 18.0 Å². The van der Waals surface area contributed by atoms with Crippen molar-refractivity contribution < 1.29 is 14.3 Å². The van der Waals surface area contributed by atoms with Crippen LogP contribution in [0.2, 0.25) is 0 Å². The Kier molecular flexibility index (Phi) is 5.60. The van der Waals surface area contributed by atoms with E-state index in [2.05, 4.69) is 4.98 Å². The average Bonchev–Trinajstić information content (AvgIpc) is 3.18. The van der Waals surface area contributed by atoms with Crippen molar-refractivity contribution in [3.63, 3.8) is 0 Å². The van der Waals surface area contributed by atoms with Gasteiger partial charge in [-0.3, -0.25) is 14.2 Å². The molecule has 168 valence electrons. The maximum atomic E-state index is 13.2. The molecule has 7 nitrogen and oxygen atoms in total. The highest BCUT2D eigenvalue weighted by Gasteiger charge is 2.24. The lowest BCUT2D eigenvalue weighted by Crippen LogP contribution is -2.43. The summed E-state index contributed by atoms with van der Waals surface area (Å²) in [6.07, 6.45) is 1.18. The van der Waals surface area contributed by atoms with Gasteiger partial charge in [0.05, 0.1) is 18.3 Å². The molecule has 0 N–H and O–H groups in total. The third-order valence-electron chi connectivity index (χ3n) is 5.73. The minimum atomic E-state index is -0.279. The van der Waals surface area contributed by atoms with Crippen LogP contribution in [0.5, 0.6) is 11.5 Å². The summed E-state index contributed by atoms with van der Waals surface area (Å²) in [5.41, 5.74) is 1.74. The van der Waals surface area contributed by atoms with Crippen molar-refractivity contribution in [1.29, 1.82) is 0 Å². The molecule has 3 heterocycles. The molecule has 5 rings (SSSR count). The van der Waals surface area contributed by atoms with E-state index in [1.54, 1.807) is 11.9 Å². The van der Waals surface area contributed by atoms with Gasteiger partial charge >= 0.3 is 0 Å². The van der Waals surface area contributed by atoms with Crippen LogP contribution in [0.25, 0.3) is 20.7 Å². The van der Waals surface area contributed by atoms with Crippen LogP contribution in [-0.2, 0) is 11.3 Å². The highest BCUT2D eigenvalue weighted by molar-refractivity contribution is 7.22. The highest BCUT2D eigenvalue weighted by atomic mass is 32.1. The third-order valence-corrected chi connectivity index (χ3v) is 6.98. The second-order valence-corrected chi connectivity index (χ2v) is 9.05. The van der Waals surface area contributed by atoms with Crippen LogP contribution < -0.4 is 15.0 Å². The number of likely N-dealkylation sites (N-methyl/N-ethyl adjacent to an activating group) is 1. The Bertz CT molecular complexity index is 1380. The first-order valence-electron chi connectivity index (χ1n) is 10.7. The van der Waals surface area contributed by atoms with Crippen molar-refractivity contribution in [2.45, 2.75) is 19.6 Å². The molecular formula is C25H23N3O4S. The van der Waals surface area contributed by atoms with Crippen molar-refractivity contribution >= 4 is 27.5 Å². The summed E-state index contributed by atoms with van der Waals surface area (Å²) in [6, 6.07) is 17.4. The lowest BCUT2D eigenvalue weighted by Gasteiger charge is -2.29. The third kappa shape index (κ3) is 4.09. The molecule has 8 heteroatoms. The smallest absolute Gasteiger partial charge is 0.262 e. The molecule has 0 spiro atoms. The zero-order valence-corrected chi connectivity index (χ0v) is 19.2. The van der Waals surface area contributed by atoms with E-state index in [0.717, 1.165) is 16.0 Å². The number of amides is 1. The van der Waals surface area contributed by atoms with E-state index in [0.29, 0.717) is 34.9 Å². The Hall–Kier alpha value is -3.65. The van der Waals surface area contributed by atoms with E-state index in [9.17, 15) is 9.59 Å². The number of aromatic nitrogens is 2. The Morgan fingerprint density at radius 1 is 1.15 bits per heavy atom. The Balaban J connectivity index is 1.32. The number of ether oxygens (including phenoxy) is 2. The molecule has 4 aromatic rings. The van der Waals surface area contributed by atoms with Crippen LogP contribution in [0.15, 0.2) is 65.7 Å². The minimum Gasteiger partial charge on any atom is -0.486 e.